The van der Waals surface area contributed by atoms with Crippen LogP contribution in [0, 0.1) is 13.8 Å². The van der Waals surface area contributed by atoms with Crippen molar-refractivity contribution in [3.05, 3.63) is 62.2 Å². The molecule has 7 heteroatoms. The van der Waals surface area contributed by atoms with E-state index in [1.54, 1.807) is 25.1 Å². The van der Waals surface area contributed by atoms with Crippen LogP contribution in [0.4, 0.5) is 5.69 Å². The summed E-state index contributed by atoms with van der Waals surface area (Å²) < 4.78 is 5.47. The predicted octanol–water partition coefficient (Wildman–Crippen LogP) is 4.05. The van der Waals surface area contributed by atoms with E-state index < -0.39 is 11.5 Å². The molecule has 2 heterocycles. The highest BCUT2D eigenvalue weighted by Crippen LogP contribution is 2.26. The highest BCUT2D eigenvalue weighted by molar-refractivity contribution is 6.31. The molecule has 0 aliphatic carbocycles. The van der Waals surface area contributed by atoms with E-state index in [0.29, 0.717) is 22.0 Å². The number of rotatable bonds is 3. The summed E-state index contributed by atoms with van der Waals surface area (Å²) in [4.78, 5) is 25.0. The fourth-order valence-electron chi connectivity index (χ4n) is 3.14. The maximum atomic E-state index is 12.6. The van der Waals surface area contributed by atoms with Crippen molar-refractivity contribution in [3.8, 4) is 0 Å². The molecule has 0 radical (unpaired) electrons. The third-order valence-corrected chi connectivity index (χ3v) is 5.06. The van der Waals surface area contributed by atoms with Crippen molar-refractivity contribution in [2.45, 2.75) is 32.6 Å². The highest BCUT2D eigenvalue weighted by Gasteiger charge is 2.22. The monoisotopic (exact) mass is 396 g/mol. The Kier molecular flexibility index (Phi) is 6.87. The van der Waals surface area contributed by atoms with E-state index in [4.69, 9.17) is 16.0 Å². The first-order valence-corrected chi connectivity index (χ1v) is 8.77. The van der Waals surface area contributed by atoms with Gasteiger partial charge in [0.05, 0.1) is 0 Å². The van der Waals surface area contributed by atoms with Gasteiger partial charge in [-0.15, -0.1) is 12.4 Å². The van der Waals surface area contributed by atoms with E-state index in [-0.39, 0.29) is 23.9 Å². The van der Waals surface area contributed by atoms with E-state index >= 15 is 0 Å². The second-order valence-electron chi connectivity index (χ2n) is 6.39. The molecule has 0 bridgehead atoms. The normalized spacial score (nSPS) is 14.6. The molecule has 1 saturated heterocycles. The van der Waals surface area contributed by atoms with Crippen LogP contribution in [0.1, 0.15) is 46.0 Å². The average Bonchev–Trinajstić information content (AvgIpc) is 2.59. The maximum absolute atomic E-state index is 12.6. The number of halogens is 2. The number of carbonyl (C=O) groups is 1. The number of piperidine rings is 1. The van der Waals surface area contributed by atoms with Crippen LogP contribution >= 0.6 is 24.0 Å². The van der Waals surface area contributed by atoms with Gasteiger partial charge >= 0.3 is 5.63 Å². The molecule has 1 aliphatic heterocycles. The SMILES string of the molecule is Cc1cc(C2CCNCC2)oc(=O)c1C(=O)Nc1cccc(Cl)c1C.Cl. The minimum Gasteiger partial charge on any atom is -0.427 e. The van der Waals surface area contributed by atoms with Gasteiger partial charge in [-0.3, -0.25) is 4.79 Å². The van der Waals surface area contributed by atoms with Crippen molar-refractivity contribution >= 4 is 35.6 Å². The van der Waals surface area contributed by atoms with E-state index in [1.165, 1.54) is 0 Å². The molecule has 1 aliphatic rings. The van der Waals surface area contributed by atoms with Crippen molar-refractivity contribution in [3.63, 3.8) is 0 Å². The number of nitrogens with one attached hydrogen (secondary N) is 2. The molecule has 140 valence electrons. The van der Waals surface area contributed by atoms with Gasteiger partial charge in [-0.05, 0) is 69.1 Å². The van der Waals surface area contributed by atoms with Crippen LogP contribution in [-0.4, -0.2) is 19.0 Å². The van der Waals surface area contributed by atoms with Gasteiger partial charge in [0.25, 0.3) is 5.91 Å². The molecule has 26 heavy (non-hydrogen) atoms. The molecular weight excluding hydrogens is 375 g/mol. The molecule has 1 fully saturated rings. The Morgan fingerprint density at radius 2 is 1.96 bits per heavy atom. The lowest BCUT2D eigenvalue weighted by atomic mass is 9.94. The summed E-state index contributed by atoms with van der Waals surface area (Å²) in [7, 11) is 0. The number of hydrogen-bond acceptors (Lipinski definition) is 4. The van der Waals surface area contributed by atoms with Crippen LogP contribution in [0.3, 0.4) is 0 Å². The van der Waals surface area contributed by atoms with Crippen LogP contribution in [-0.2, 0) is 0 Å². The standard InChI is InChI=1S/C19H21ClN2O3.ClH/c1-11-10-16(13-6-8-21-9-7-13)25-19(24)17(11)18(23)22-15-5-3-4-14(20)12(15)2;/h3-5,10,13,21H,6-9H2,1-2H3,(H,22,23);1H. The summed E-state index contributed by atoms with van der Waals surface area (Å²) in [6, 6.07) is 7.07. The fourth-order valence-corrected chi connectivity index (χ4v) is 3.32. The lowest BCUT2D eigenvalue weighted by Crippen LogP contribution is -2.28. The lowest BCUT2D eigenvalue weighted by Gasteiger charge is -2.22. The summed E-state index contributed by atoms with van der Waals surface area (Å²) in [6.45, 7) is 5.39. The van der Waals surface area contributed by atoms with Crippen LogP contribution in [0.5, 0.6) is 0 Å². The van der Waals surface area contributed by atoms with Crippen LogP contribution in [0.25, 0.3) is 0 Å². The molecule has 2 aromatic rings. The second kappa shape index (κ2) is 8.71. The average molecular weight is 397 g/mol. The summed E-state index contributed by atoms with van der Waals surface area (Å²) in [5, 5.41) is 6.60. The van der Waals surface area contributed by atoms with Crippen molar-refractivity contribution in [2.75, 3.05) is 18.4 Å². The largest absolute Gasteiger partial charge is 0.427 e. The highest BCUT2D eigenvalue weighted by atomic mass is 35.5. The van der Waals surface area contributed by atoms with Gasteiger partial charge in [0.1, 0.15) is 11.3 Å². The Morgan fingerprint density at radius 1 is 1.27 bits per heavy atom. The Bertz CT molecular complexity index is 858. The summed E-state index contributed by atoms with van der Waals surface area (Å²) in [5.74, 6) is 0.410. The van der Waals surface area contributed by atoms with Gasteiger partial charge in [0.2, 0.25) is 0 Å². The molecule has 0 atom stereocenters. The van der Waals surface area contributed by atoms with Gasteiger partial charge in [-0.25, -0.2) is 4.79 Å². The van der Waals surface area contributed by atoms with Gasteiger partial charge in [-0.1, -0.05) is 17.7 Å². The van der Waals surface area contributed by atoms with Crippen molar-refractivity contribution in [1.82, 2.24) is 5.32 Å². The Labute approximate surface area is 163 Å². The van der Waals surface area contributed by atoms with Gasteiger partial charge < -0.3 is 15.1 Å². The Morgan fingerprint density at radius 3 is 2.62 bits per heavy atom. The smallest absolute Gasteiger partial charge is 0.349 e. The van der Waals surface area contributed by atoms with Gasteiger partial charge in [-0.2, -0.15) is 0 Å². The maximum Gasteiger partial charge on any atom is 0.349 e. The van der Waals surface area contributed by atoms with Crippen molar-refractivity contribution < 1.29 is 9.21 Å². The molecule has 0 unspecified atom stereocenters. The third kappa shape index (κ3) is 4.29. The number of aryl methyl sites for hydroxylation is 1. The first-order chi connectivity index (χ1) is 12.0. The van der Waals surface area contributed by atoms with E-state index in [0.717, 1.165) is 31.5 Å². The van der Waals surface area contributed by atoms with E-state index in [2.05, 4.69) is 10.6 Å². The second-order valence-corrected chi connectivity index (χ2v) is 6.79. The predicted molar refractivity (Wildman–Crippen MR) is 106 cm³/mol. The number of carbonyl (C=O) groups excluding carboxylic acids is 1. The molecule has 0 saturated carbocycles. The topological polar surface area (TPSA) is 71.3 Å². The van der Waals surface area contributed by atoms with Crippen molar-refractivity contribution in [1.29, 1.82) is 0 Å². The van der Waals surface area contributed by atoms with Gasteiger partial charge in [0.15, 0.2) is 0 Å². The Balaban J connectivity index is 0.00000243. The summed E-state index contributed by atoms with van der Waals surface area (Å²) in [6.07, 6.45) is 1.85. The number of anilines is 1. The number of benzene rings is 1. The molecule has 5 nitrogen and oxygen atoms in total. The molecule has 2 N–H and O–H groups in total. The van der Waals surface area contributed by atoms with E-state index in [9.17, 15) is 9.59 Å². The molecule has 1 amide bonds. The molecule has 0 spiro atoms. The first kappa shape index (κ1) is 20.5. The quantitative estimate of drug-likeness (QED) is 0.820. The fraction of sp³-hybridized carbons (Fsp3) is 0.368. The zero-order chi connectivity index (χ0) is 18.0. The zero-order valence-electron chi connectivity index (χ0n) is 14.7. The molecule has 1 aromatic carbocycles. The van der Waals surface area contributed by atoms with Gasteiger partial charge in [0, 0.05) is 16.6 Å². The number of amides is 1. The van der Waals surface area contributed by atoms with Crippen molar-refractivity contribution in [2.24, 2.45) is 0 Å². The molecule has 1 aromatic heterocycles. The first-order valence-electron chi connectivity index (χ1n) is 8.39. The van der Waals surface area contributed by atoms with Crippen LogP contribution in [0.2, 0.25) is 5.02 Å². The molecular formula is C19H22Cl2N2O3. The lowest BCUT2D eigenvalue weighted by molar-refractivity contribution is 0.102. The number of hydrogen-bond donors (Lipinski definition) is 2. The summed E-state index contributed by atoms with van der Waals surface area (Å²) in [5.41, 5.74) is 1.41. The zero-order valence-corrected chi connectivity index (χ0v) is 16.3. The van der Waals surface area contributed by atoms with Crippen LogP contribution < -0.4 is 16.3 Å². The molecule has 3 rings (SSSR count). The Hall–Kier alpha value is -1.82. The minimum absolute atomic E-state index is 0. The van der Waals surface area contributed by atoms with Crippen LogP contribution in [0.15, 0.2) is 33.5 Å². The summed E-state index contributed by atoms with van der Waals surface area (Å²) >= 11 is 6.08. The minimum atomic E-state index is -0.592. The van der Waals surface area contributed by atoms with E-state index in [1.807, 2.05) is 13.0 Å². The third-order valence-electron chi connectivity index (χ3n) is 4.65.